The standard InChI is InChI=1S/C23H16ClFN2O3/c24-19-13-15(10-11-21(19)30-14-16-6-4-5-9-20(16)25)12-18-22(28)26-27(23(18)29)17-7-2-1-3-8-17/h1-13H,14H2,(H,26,28)/b18-12-. The van der Waals surface area contributed by atoms with E-state index in [1.807, 2.05) is 6.07 Å². The molecule has 0 radical (unpaired) electrons. The van der Waals surface area contributed by atoms with Gasteiger partial charge < -0.3 is 4.74 Å². The summed E-state index contributed by atoms with van der Waals surface area (Å²) in [6.45, 7) is 0.0275. The van der Waals surface area contributed by atoms with E-state index in [1.165, 1.54) is 17.2 Å². The first-order chi connectivity index (χ1) is 14.5. The number of nitrogens with one attached hydrogen (secondary N) is 1. The van der Waals surface area contributed by atoms with Crippen LogP contribution in [0.3, 0.4) is 0 Å². The molecule has 0 aromatic heterocycles. The summed E-state index contributed by atoms with van der Waals surface area (Å²) < 4.78 is 19.3. The van der Waals surface area contributed by atoms with Crippen LogP contribution in [0.5, 0.6) is 5.75 Å². The highest BCUT2D eigenvalue weighted by Crippen LogP contribution is 2.28. The molecule has 1 fully saturated rings. The average Bonchev–Trinajstić information content (AvgIpc) is 3.03. The van der Waals surface area contributed by atoms with Crippen LogP contribution in [0, 0.1) is 5.82 Å². The number of para-hydroxylation sites is 1. The highest BCUT2D eigenvalue weighted by molar-refractivity contribution is 6.33. The quantitative estimate of drug-likeness (QED) is 0.486. The van der Waals surface area contributed by atoms with Gasteiger partial charge in [-0.1, -0.05) is 54.1 Å². The summed E-state index contributed by atoms with van der Waals surface area (Å²) in [6, 6.07) is 20.0. The Morgan fingerprint density at radius 3 is 2.47 bits per heavy atom. The molecule has 150 valence electrons. The van der Waals surface area contributed by atoms with Crippen LogP contribution in [0.4, 0.5) is 10.1 Å². The molecular weight excluding hydrogens is 407 g/mol. The maximum absolute atomic E-state index is 13.7. The molecule has 5 nitrogen and oxygen atoms in total. The van der Waals surface area contributed by atoms with Crippen molar-refractivity contribution >= 4 is 35.2 Å². The summed E-state index contributed by atoms with van der Waals surface area (Å²) in [4.78, 5) is 24.9. The second-order valence-corrected chi connectivity index (χ2v) is 6.95. The SMILES string of the molecule is O=C1NN(c2ccccc2)C(=O)/C1=C\c1ccc(OCc2ccccc2F)c(Cl)c1. The number of anilines is 1. The zero-order chi connectivity index (χ0) is 21.1. The van der Waals surface area contributed by atoms with Gasteiger partial charge in [0.15, 0.2) is 0 Å². The number of hydrogen-bond donors (Lipinski definition) is 1. The number of carbonyl (C=O) groups is 2. The first-order valence-electron chi connectivity index (χ1n) is 9.11. The Balaban J connectivity index is 1.51. The minimum Gasteiger partial charge on any atom is -0.487 e. The molecule has 1 aliphatic rings. The van der Waals surface area contributed by atoms with Gasteiger partial charge in [-0.15, -0.1) is 0 Å². The second kappa shape index (κ2) is 8.39. The molecule has 4 rings (SSSR count). The molecule has 3 aromatic carbocycles. The third kappa shape index (κ3) is 4.04. The van der Waals surface area contributed by atoms with Crippen LogP contribution < -0.4 is 15.2 Å². The fourth-order valence-electron chi connectivity index (χ4n) is 2.98. The van der Waals surface area contributed by atoms with Gasteiger partial charge in [-0.25, -0.2) is 9.40 Å². The van der Waals surface area contributed by atoms with E-state index in [0.29, 0.717) is 22.6 Å². The fraction of sp³-hybridized carbons (Fsp3) is 0.0435. The highest BCUT2D eigenvalue weighted by Gasteiger charge is 2.34. The van der Waals surface area contributed by atoms with Crippen LogP contribution in [0.25, 0.3) is 6.08 Å². The fourth-order valence-corrected chi connectivity index (χ4v) is 3.22. The molecular formula is C23H16ClFN2O3. The van der Waals surface area contributed by atoms with Crippen molar-refractivity contribution in [2.24, 2.45) is 0 Å². The monoisotopic (exact) mass is 422 g/mol. The Bertz CT molecular complexity index is 1150. The van der Waals surface area contributed by atoms with E-state index in [4.69, 9.17) is 16.3 Å². The highest BCUT2D eigenvalue weighted by atomic mass is 35.5. The van der Waals surface area contributed by atoms with E-state index in [1.54, 1.807) is 60.7 Å². The first kappa shape index (κ1) is 19.7. The van der Waals surface area contributed by atoms with Gasteiger partial charge in [-0.05, 0) is 42.0 Å². The Hall–Kier alpha value is -3.64. The summed E-state index contributed by atoms with van der Waals surface area (Å²) in [5.74, 6) is -0.944. The molecule has 0 aliphatic carbocycles. The molecule has 0 saturated carbocycles. The van der Waals surface area contributed by atoms with Gasteiger partial charge in [0.2, 0.25) is 0 Å². The largest absolute Gasteiger partial charge is 0.487 e. The summed E-state index contributed by atoms with van der Waals surface area (Å²) in [5.41, 5.74) is 4.08. The van der Waals surface area contributed by atoms with Crippen molar-refractivity contribution in [3.05, 3.63) is 100 Å². The van der Waals surface area contributed by atoms with E-state index in [9.17, 15) is 14.0 Å². The Labute approximate surface area is 177 Å². The number of ether oxygens (including phenoxy) is 1. The zero-order valence-electron chi connectivity index (χ0n) is 15.6. The van der Waals surface area contributed by atoms with Crippen LogP contribution in [0.2, 0.25) is 5.02 Å². The normalized spacial score (nSPS) is 14.9. The average molecular weight is 423 g/mol. The van der Waals surface area contributed by atoms with Gasteiger partial charge in [0.1, 0.15) is 23.7 Å². The van der Waals surface area contributed by atoms with Crippen molar-refractivity contribution < 1.29 is 18.7 Å². The second-order valence-electron chi connectivity index (χ2n) is 6.54. The van der Waals surface area contributed by atoms with E-state index >= 15 is 0 Å². The van der Waals surface area contributed by atoms with E-state index in [2.05, 4.69) is 5.43 Å². The minimum atomic E-state index is -0.500. The molecule has 3 aromatic rings. The Morgan fingerprint density at radius 1 is 1.00 bits per heavy atom. The van der Waals surface area contributed by atoms with E-state index in [-0.39, 0.29) is 23.0 Å². The van der Waals surface area contributed by atoms with Crippen LogP contribution in [-0.2, 0) is 16.2 Å². The number of hydrazine groups is 1. The number of halogens is 2. The van der Waals surface area contributed by atoms with Crippen molar-refractivity contribution in [2.75, 3.05) is 5.01 Å². The van der Waals surface area contributed by atoms with Gasteiger partial charge in [0, 0.05) is 5.56 Å². The number of amides is 2. The van der Waals surface area contributed by atoms with Crippen LogP contribution in [-0.4, -0.2) is 11.8 Å². The molecule has 1 aliphatic heterocycles. The predicted octanol–water partition coefficient (Wildman–Crippen LogP) is 4.52. The van der Waals surface area contributed by atoms with Crippen molar-refractivity contribution in [3.8, 4) is 5.75 Å². The molecule has 1 N–H and O–H groups in total. The number of rotatable bonds is 5. The smallest absolute Gasteiger partial charge is 0.282 e. The topological polar surface area (TPSA) is 58.6 Å². The van der Waals surface area contributed by atoms with Gasteiger partial charge in [-0.3, -0.25) is 15.0 Å². The minimum absolute atomic E-state index is 0.00468. The summed E-state index contributed by atoms with van der Waals surface area (Å²) in [6.07, 6.45) is 1.47. The Kier molecular flexibility index (Phi) is 5.50. The molecule has 0 atom stereocenters. The predicted molar refractivity (Wildman–Crippen MR) is 112 cm³/mol. The third-order valence-electron chi connectivity index (χ3n) is 4.51. The van der Waals surface area contributed by atoms with Gasteiger partial charge >= 0.3 is 0 Å². The lowest BCUT2D eigenvalue weighted by Crippen LogP contribution is -2.35. The molecule has 7 heteroatoms. The van der Waals surface area contributed by atoms with Crippen LogP contribution in [0.15, 0.2) is 78.4 Å². The summed E-state index contributed by atoms with van der Waals surface area (Å²) in [5, 5.41) is 1.48. The van der Waals surface area contributed by atoms with E-state index < -0.39 is 11.8 Å². The molecule has 30 heavy (non-hydrogen) atoms. The van der Waals surface area contributed by atoms with Crippen molar-refractivity contribution in [3.63, 3.8) is 0 Å². The van der Waals surface area contributed by atoms with Gasteiger partial charge in [0.25, 0.3) is 11.8 Å². The number of benzene rings is 3. The summed E-state index contributed by atoms with van der Waals surface area (Å²) in [7, 11) is 0. The van der Waals surface area contributed by atoms with Crippen molar-refractivity contribution in [1.29, 1.82) is 0 Å². The molecule has 1 heterocycles. The van der Waals surface area contributed by atoms with Crippen molar-refractivity contribution in [2.45, 2.75) is 6.61 Å². The maximum Gasteiger partial charge on any atom is 0.282 e. The van der Waals surface area contributed by atoms with Crippen LogP contribution in [0.1, 0.15) is 11.1 Å². The van der Waals surface area contributed by atoms with Gasteiger partial charge in [-0.2, -0.15) is 0 Å². The van der Waals surface area contributed by atoms with Crippen LogP contribution >= 0.6 is 11.6 Å². The molecule has 0 unspecified atom stereocenters. The zero-order valence-corrected chi connectivity index (χ0v) is 16.4. The third-order valence-corrected chi connectivity index (χ3v) is 4.81. The lowest BCUT2D eigenvalue weighted by molar-refractivity contribution is -0.117. The first-order valence-corrected chi connectivity index (χ1v) is 9.48. The Morgan fingerprint density at radius 2 is 1.73 bits per heavy atom. The number of nitrogens with zero attached hydrogens (tertiary/aromatic N) is 1. The summed E-state index contributed by atoms with van der Waals surface area (Å²) >= 11 is 6.27. The number of hydrogen-bond acceptors (Lipinski definition) is 3. The molecule has 0 bridgehead atoms. The lowest BCUT2D eigenvalue weighted by atomic mass is 10.1. The van der Waals surface area contributed by atoms with Crippen molar-refractivity contribution in [1.82, 2.24) is 5.43 Å². The molecule has 0 spiro atoms. The van der Waals surface area contributed by atoms with E-state index in [0.717, 1.165) is 0 Å². The number of carbonyl (C=O) groups excluding carboxylic acids is 2. The van der Waals surface area contributed by atoms with Gasteiger partial charge in [0.05, 0.1) is 10.7 Å². The molecule has 1 saturated heterocycles. The lowest BCUT2D eigenvalue weighted by Gasteiger charge is -2.13. The maximum atomic E-state index is 13.7. The molecule has 2 amide bonds.